The molecule has 0 bridgehead atoms. The number of carbonyl (C=O) groups excluding carboxylic acids is 3. The Morgan fingerprint density at radius 3 is 2.36 bits per heavy atom. The third-order valence-electron chi connectivity index (χ3n) is 12.9. The molecule has 6 nitrogen and oxygen atoms in total. The van der Waals surface area contributed by atoms with Crippen LogP contribution in [0.5, 0.6) is 0 Å². The number of oxime groups is 1. The van der Waals surface area contributed by atoms with Gasteiger partial charge in [-0.1, -0.05) is 59.2 Å². The van der Waals surface area contributed by atoms with Gasteiger partial charge in [0.05, 0.1) is 5.41 Å². The molecule has 0 unspecified atom stereocenters. The molecule has 5 aliphatic carbocycles. The highest BCUT2D eigenvalue weighted by Crippen LogP contribution is 2.75. The van der Waals surface area contributed by atoms with Crippen LogP contribution in [0.1, 0.15) is 106 Å². The SMILES string of the molecule is CC1(C)CC[C@]2(C(=O)ON=C(N)CF)CC[C@]3(C)[C@H](C(=O)C=C4[C@@]5(C)CCC(=O)C(C)(C)[C@@H]5CC[C@]43C)[C@@H]2C1. The monoisotopic (exact) mass is 542 g/mol. The summed E-state index contributed by atoms with van der Waals surface area (Å²) in [6.45, 7) is 14.6. The molecule has 5 aliphatic rings. The molecule has 0 aromatic heterocycles. The smallest absolute Gasteiger partial charge is 0.341 e. The number of fused-ring (bicyclic) bond motifs is 7. The fourth-order valence-corrected chi connectivity index (χ4v) is 10.4. The van der Waals surface area contributed by atoms with Gasteiger partial charge >= 0.3 is 5.97 Å². The summed E-state index contributed by atoms with van der Waals surface area (Å²) < 4.78 is 12.9. The van der Waals surface area contributed by atoms with Crippen LogP contribution in [0.4, 0.5) is 4.39 Å². The number of allylic oxidation sites excluding steroid dienone is 2. The summed E-state index contributed by atoms with van der Waals surface area (Å²) in [5.41, 5.74) is 4.75. The lowest BCUT2D eigenvalue weighted by molar-refractivity contribution is -0.194. The molecule has 0 spiro atoms. The zero-order chi connectivity index (χ0) is 28.8. The molecule has 0 saturated heterocycles. The van der Waals surface area contributed by atoms with Crippen molar-refractivity contribution in [1.29, 1.82) is 0 Å². The number of rotatable bonds is 3. The maximum atomic E-state index is 14.4. The minimum Gasteiger partial charge on any atom is -0.382 e. The van der Waals surface area contributed by atoms with Crippen molar-refractivity contribution in [2.24, 2.45) is 61.1 Å². The number of hydrogen-bond donors (Lipinski definition) is 1. The first-order valence-electron chi connectivity index (χ1n) is 14.9. The van der Waals surface area contributed by atoms with Gasteiger partial charge in [0.15, 0.2) is 11.6 Å². The fraction of sp³-hybridized carbons (Fsp3) is 0.812. The van der Waals surface area contributed by atoms with E-state index in [1.165, 1.54) is 5.57 Å². The van der Waals surface area contributed by atoms with E-state index in [4.69, 9.17) is 10.6 Å². The molecule has 4 saturated carbocycles. The molecule has 216 valence electrons. The second kappa shape index (κ2) is 8.72. The van der Waals surface area contributed by atoms with E-state index in [1.807, 2.05) is 6.08 Å². The van der Waals surface area contributed by atoms with Crippen molar-refractivity contribution >= 4 is 23.4 Å². The molecule has 0 aliphatic heterocycles. The molecule has 7 atom stereocenters. The van der Waals surface area contributed by atoms with Gasteiger partial charge in [-0.2, -0.15) is 0 Å². The van der Waals surface area contributed by atoms with Crippen LogP contribution in [0.3, 0.4) is 0 Å². The molecule has 4 fully saturated rings. The first-order valence-corrected chi connectivity index (χ1v) is 14.9. The lowest BCUT2D eigenvalue weighted by Gasteiger charge is -2.69. The van der Waals surface area contributed by atoms with Crippen LogP contribution in [0.2, 0.25) is 0 Å². The average molecular weight is 543 g/mol. The van der Waals surface area contributed by atoms with Gasteiger partial charge in [0, 0.05) is 17.8 Å². The molecule has 5 rings (SSSR count). The fourth-order valence-electron chi connectivity index (χ4n) is 10.4. The Labute approximate surface area is 232 Å². The first-order chi connectivity index (χ1) is 18.0. The Hall–Kier alpha value is -2.05. The second-order valence-electron chi connectivity index (χ2n) is 15.6. The van der Waals surface area contributed by atoms with E-state index in [-0.39, 0.29) is 51.0 Å². The van der Waals surface area contributed by atoms with Crippen LogP contribution in [-0.4, -0.2) is 30.0 Å². The molecule has 0 radical (unpaired) electrons. The lowest BCUT2D eigenvalue weighted by atomic mass is 9.34. The van der Waals surface area contributed by atoms with Crippen molar-refractivity contribution < 1.29 is 23.6 Å². The van der Waals surface area contributed by atoms with Crippen molar-refractivity contribution in [3.63, 3.8) is 0 Å². The third kappa shape index (κ3) is 3.76. The van der Waals surface area contributed by atoms with Gasteiger partial charge in [-0.25, -0.2) is 9.18 Å². The number of alkyl halides is 1. The number of ketones is 2. The topological polar surface area (TPSA) is 98.8 Å². The van der Waals surface area contributed by atoms with E-state index in [0.717, 1.165) is 38.5 Å². The lowest BCUT2D eigenvalue weighted by Crippen LogP contribution is -2.66. The van der Waals surface area contributed by atoms with Crippen LogP contribution in [0.25, 0.3) is 0 Å². The third-order valence-corrected chi connectivity index (χ3v) is 12.9. The summed E-state index contributed by atoms with van der Waals surface area (Å²) >= 11 is 0. The summed E-state index contributed by atoms with van der Waals surface area (Å²) in [4.78, 5) is 46.4. The van der Waals surface area contributed by atoms with Gasteiger partial charge in [-0.05, 0) is 90.9 Å². The molecular weight excluding hydrogens is 495 g/mol. The number of halogens is 1. The number of hydrogen-bond acceptors (Lipinski definition) is 5. The number of amidine groups is 1. The maximum absolute atomic E-state index is 14.4. The second-order valence-corrected chi connectivity index (χ2v) is 15.6. The summed E-state index contributed by atoms with van der Waals surface area (Å²) in [5.74, 6) is -0.670. The summed E-state index contributed by atoms with van der Waals surface area (Å²) in [7, 11) is 0. The highest BCUT2D eigenvalue weighted by atomic mass is 19.1. The number of carbonyl (C=O) groups is 3. The number of Topliss-reactive ketones (excluding diaryl/α,β-unsaturated/α-hetero) is 1. The number of nitrogens with zero attached hydrogens (tertiary/aromatic N) is 1. The molecular formula is C32H47FN2O4. The van der Waals surface area contributed by atoms with Crippen LogP contribution in [0, 0.1) is 50.2 Å². The minimum atomic E-state index is -0.982. The van der Waals surface area contributed by atoms with Crippen molar-refractivity contribution in [3.05, 3.63) is 11.6 Å². The molecule has 39 heavy (non-hydrogen) atoms. The summed E-state index contributed by atoms with van der Waals surface area (Å²) in [6.07, 6.45) is 8.74. The van der Waals surface area contributed by atoms with Crippen molar-refractivity contribution in [1.82, 2.24) is 0 Å². The highest BCUT2D eigenvalue weighted by Gasteiger charge is 2.71. The van der Waals surface area contributed by atoms with E-state index in [1.54, 1.807) is 0 Å². The van der Waals surface area contributed by atoms with Gasteiger partial charge in [0.1, 0.15) is 12.5 Å². The van der Waals surface area contributed by atoms with E-state index < -0.39 is 23.5 Å². The van der Waals surface area contributed by atoms with Gasteiger partial charge in [-0.15, -0.1) is 0 Å². The quantitative estimate of drug-likeness (QED) is 0.195. The largest absolute Gasteiger partial charge is 0.382 e. The van der Waals surface area contributed by atoms with E-state index in [9.17, 15) is 18.8 Å². The molecule has 0 aromatic carbocycles. The minimum absolute atomic E-state index is 0.0174. The standard InChI is InChI=1S/C32H47FN2O4/c1-27(2)12-14-32(26(38)39-35-24(34)18-33)15-13-31(7)25(19(32)17-27)20(36)16-22-29(5)10-9-23(37)28(3,4)21(29)8-11-30(22,31)6/h16,19,21,25H,8-15,17-18H2,1-7H3,(H2,34,35)/t19-,21-,25-,29-,30+,31+,32-/m0/s1. The predicted octanol–water partition coefficient (Wildman–Crippen LogP) is 6.32. The van der Waals surface area contributed by atoms with E-state index >= 15 is 0 Å². The zero-order valence-electron chi connectivity index (χ0n) is 24.9. The Kier molecular flexibility index (Phi) is 6.37. The average Bonchev–Trinajstić information content (AvgIpc) is 2.86. The van der Waals surface area contributed by atoms with Crippen molar-refractivity contribution in [2.75, 3.05) is 6.67 Å². The Bertz CT molecular complexity index is 1170. The molecule has 0 heterocycles. The summed E-state index contributed by atoms with van der Waals surface area (Å²) in [5, 5.41) is 3.58. The zero-order valence-corrected chi connectivity index (χ0v) is 24.9. The first kappa shape index (κ1) is 28.5. The van der Waals surface area contributed by atoms with Crippen molar-refractivity contribution in [3.8, 4) is 0 Å². The van der Waals surface area contributed by atoms with Gasteiger partial charge < -0.3 is 10.6 Å². The van der Waals surface area contributed by atoms with Crippen LogP contribution >= 0.6 is 0 Å². The van der Waals surface area contributed by atoms with Crippen LogP contribution < -0.4 is 5.73 Å². The highest BCUT2D eigenvalue weighted by molar-refractivity contribution is 5.96. The Balaban J connectivity index is 1.61. The van der Waals surface area contributed by atoms with E-state index in [2.05, 4.69) is 53.6 Å². The molecule has 0 aromatic rings. The maximum Gasteiger partial charge on any atom is 0.341 e. The van der Waals surface area contributed by atoms with Crippen molar-refractivity contribution in [2.45, 2.75) is 106 Å². The summed E-state index contributed by atoms with van der Waals surface area (Å²) in [6, 6.07) is 0. The normalized spacial score (nSPS) is 44.8. The Morgan fingerprint density at radius 2 is 1.69 bits per heavy atom. The van der Waals surface area contributed by atoms with Gasteiger partial charge in [0.2, 0.25) is 0 Å². The molecule has 2 N–H and O–H groups in total. The molecule has 0 amide bonds. The van der Waals surface area contributed by atoms with Gasteiger partial charge in [0.25, 0.3) is 0 Å². The predicted molar refractivity (Wildman–Crippen MR) is 148 cm³/mol. The van der Waals surface area contributed by atoms with Crippen LogP contribution in [-0.2, 0) is 19.2 Å². The van der Waals surface area contributed by atoms with E-state index in [0.29, 0.717) is 25.0 Å². The van der Waals surface area contributed by atoms with Gasteiger partial charge in [-0.3, -0.25) is 9.59 Å². The van der Waals surface area contributed by atoms with Crippen LogP contribution in [0.15, 0.2) is 16.8 Å². The Morgan fingerprint density at radius 1 is 1.03 bits per heavy atom. The number of nitrogens with two attached hydrogens (primary N) is 1. The molecule has 7 heteroatoms.